The molecule has 0 saturated heterocycles. The lowest BCUT2D eigenvalue weighted by atomic mass is 10.3. The summed E-state index contributed by atoms with van der Waals surface area (Å²) >= 11 is 0. The molecule has 0 atom stereocenters. The Morgan fingerprint density at radius 3 is 2.24 bits per heavy atom. The number of rotatable bonds is 5. The Kier molecular flexibility index (Phi) is 4.67. The zero-order valence-electron chi connectivity index (χ0n) is 13.5. The molecule has 128 valence electrons. The highest BCUT2D eigenvalue weighted by molar-refractivity contribution is 7.90. The quantitative estimate of drug-likeness (QED) is 0.657. The Morgan fingerprint density at radius 1 is 1.04 bits per heavy atom. The van der Waals surface area contributed by atoms with Crippen LogP contribution in [0.5, 0.6) is 0 Å². The summed E-state index contributed by atoms with van der Waals surface area (Å²) in [5, 5.41) is 4.21. The molecule has 0 N–H and O–H groups in total. The third-order valence-corrected chi connectivity index (χ3v) is 5.32. The van der Waals surface area contributed by atoms with E-state index in [1.807, 2.05) is 30.3 Å². The van der Waals surface area contributed by atoms with Crippen molar-refractivity contribution in [2.24, 2.45) is 0 Å². The van der Waals surface area contributed by atoms with E-state index in [1.54, 1.807) is 24.4 Å². The molecular weight excluding hydrogens is 340 g/mol. The first-order valence-corrected chi connectivity index (χ1v) is 9.16. The van der Waals surface area contributed by atoms with Gasteiger partial charge in [0.05, 0.1) is 23.4 Å². The van der Waals surface area contributed by atoms with E-state index in [0.717, 1.165) is 5.69 Å². The van der Waals surface area contributed by atoms with Crippen molar-refractivity contribution in [1.82, 2.24) is 9.78 Å². The van der Waals surface area contributed by atoms with Crippen LogP contribution in [0.15, 0.2) is 71.8 Å². The fourth-order valence-electron chi connectivity index (χ4n) is 2.41. The van der Waals surface area contributed by atoms with E-state index < -0.39 is 15.8 Å². The Bertz CT molecular complexity index is 980. The lowest BCUT2D eigenvalue weighted by molar-refractivity contribution is 0.0592. The maximum absolute atomic E-state index is 12.6. The van der Waals surface area contributed by atoms with Crippen LogP contribution in [0.4, 0.5) is 0 Å². The van der Waals surface area contributed by atoms with Crippen LogP contribution in [0.25, 0.3) is 5.69 Å². The number of para-hydroxylation sites is 1. The van der Waals surface area contributed by atoms with Crippen LogP contribution in [-0.2, 0) is 20.3 Å². The number of hydrogen-bond acceptors (Lipinski definition) is 5. The van der Waals surface area contributed by atoms with Crippen LogP contribution >= 0.6 is 0 Å². The molecule has 0 aliphatic heterocycles. The highest BCUT2D eigenvalue weighted by atomic mass is 32.2. The molecule has 0 aliphatic rings. The van der Waals surface area contributed by atoms with E-state index in [4.69, 9.17) is 4.74 Å². The van der Waals surface area contributed by atoms with Crippen molar-refractivity contribution in [3.63, 3.8) is 0 Å². The van der Waals surface area contributed by atoms with Crippen molar-refractivity contribution in [2.75, 3.05) is 7.11 Å². The molecule has 2 aromatic carbocycles. The molecule has 0 amide bonds. The third kappa shape index (κ3) is 3.61. The van der Waals surface area contributed by atoms with Gasteiger partial charge in [0.1, 0.15) is 0 Å². The van der Waals surface area contributed by atoms with Crippen LogP contribution in [0.2, 0.25) is 0 Å². The minimum Gasteiger partial charge on any atom is -0.464 e. The maximum atomic E-state index is 12.6. The molecule has 0 spiro atoms. The van der Waals surface area contributed by atoms with Crippen molar-refractivity contribution in [3.05, 3.63) is 78.1 Å². The minimum atomic E-state index is -3.61. The summed E-state index contributed by atoms with van der Waals surface area (Å²) in [5.41, 5.74) is 1.00. The van der Waals surface area contributed by atoms with E-state index in [9.17, 15) is 13.2 Å². The summed E-state index contributed by atoms with van der Waals surface area (Å²) in [4.78, 5) is 12.2. The normalized spacial score (nSPS) is 11.2. The first kappa shape index (κ1) is 16.9. The predicted octanol–water partition coefficient (Wildman–Crippen LogP) is 2.63. The number of carbonyl (C=O) groups excluding carboxylic acids is 1. The van der Waals surface area contributed by atoms with Gasteiger partial charge in [-0.3, -0.25) is 0 Å². The van der Waals surface area contributed by atoms with Crippen LogP contribution in [0.3, 0.4) is 0 Å². The second-order valence-electron chi connectivity index (χ2n) is 5.35. The number of benzene rings is 2. The number of ether oxygens (including phenoxy) is 1. The summed E-state index contributed by atoms with van der Waals surface area (Å²) in [6, 6.07) is 17.2. The van der Waals surface area contributed by atoms with Crippen molar-refractivity contribution in [2.45, 2.75) is 10.6 Å². The largest absolute Gasteiger partial charge is 0.464 e. The molecule has 3 aromatic rings. The van der Waals surface area contributed by atoms with Gasteiger partial charge in [-0.05, 0) is 24.3 Å². The Balaban J connectivity index is 2.03. The second kappa shape index (κ2) is 6.90. The molecule has 0 unspecified atom stereocenters. The molecule has 0 saturated carbocycles. The van der Waals surface area contributed by atoms with E-state index >= 15 is 0 Å². The molecule has 7 heteroatoms. The summed E-state index contributed by atoms with van der Waals surface area (Å²) < 4.78 is 31.5. The fraction of sp³-hybridized carbons (Fsp3) is 0.111. The number of nitrogens with zero attached hydrogens (tertiary/aromatic N) is 2. The number of esters is 1. The van der Waals surface area contributed by atoms with Crippen molar-refractivity contribution >= 4 is 15.8 Å². The molecule has 3 rings (SSSR count). The summed E-state index contributed by atoms with van der Waals surface area (Å²) in [7, 11) is -2.37. The molecule has 0 aliphatic carbocycles. The van der Waals surface area contributed by atoms with Gasteiger partial charge in [-0.1, -0.05) is 36.4 Å². The smallest absolute Gasteiger partial charge is 0.358 e. The van der Waals surface area contributed by atoms with Gasteiger partial charge in [-0.25, -0.2) is 17.9 Å². The van der Waals surface area contributed by atoms with Crippen molar-refractivity contribution < 1.29 is 17.9 Å². The number of methoxy groups -OCH3 is 1. The summed E-state index contributed by atoms with van der Waals surface area (Å²) in [6.07, 6.45) is 1.54. The standard InChI is InChI=1S/C18H16N2O4S/c1-24-18(21)17-14(12-20(19-17)15-8-4-2-5-9-15)13-25(22,23)16-10-6-3-7-11-16/h2-12H,13H2,1H3. The lowest BCUT2D eigenvalue weighted by Gasteiger charge is -2.04. The number of carbonyl (C=O) groups is 1. The van der Waals surface area contributed by atoms with Gasteiger partial charge in [0, 0.05) is 11.8 Å². The zero-order chi connectivity index (χ0) is 17.9. The molecule has 0 fully saturated rings. The lowest BCUT2D eigenvalue weighted by Crippen LogP contribution is -2.10. The van der Waals surface area contributed by atoms with Gasteiger partial charge >= 0.3 is 5.97 Å². The van der Waals surface area contributed by atoms with Crippen molar-refractivity contribution in [3.8, 4) is 5.69 Å². The predicted molar refractivity (Wildman–Crippen MR) is 92.2 cm³/mol. The molecule has 1 heterocycles. The fourth-order valence-corrected chi connectivity index (χ4v) is 3.77. The monoisotopic (exact) mass is 356 g/mol. The number of hydrogen-bond donors (Lipinski definition) is 0. The average molecular weight is 356 g/mol. The molecule has 0 radical (unpaired) electrons. The van der Waals surface area contributed by atoms with Crippen LogP contribution in [0.1, 0.15) is 16.1 Å². The van der Waals surface area contributed by atoms with Gasteiger partial charge in [0.25, 0.3) is 0 Å². The maximum Gasteiger partial charge on any atom is 0.358 e. The van der Waals surface area contributed by atoms with Crippen LogP contribution < -0.4 is 0 Å². The van der Waals surface area contributed by atoms with Gasteiger partial charge in [0.2, 0.25) is 0 Å². The zero-order valence-corrected chi connectivity index (χ0v) is 14.3. The minimum absolute atomic E-state index is 0.00846. The number of sulfone groups is 1. The van der Waals surface area contributed by atoms with E-state index in [1.165, 1.54) is 23.9 Å². The molecule has 0 bridgehead atoms. The average Bonchev–Trinajstić information content (AvgIpc) is 3.05. The van der Waals surface area contributed by atoms with Crippen LogP contribution in [-0.4, -0.2) is 31.3 Å². The second-order valence-corrected chi connectivity index (χ2v) is 7.34. The topological polar surface area (TPSA) is 78.3 Å². The Labute approximate surface area is 145 Å². The molecule has 1 aromatic heterocycles. The first-order valence-electron chi connectivity index (χ1n) is 7.51. The van der Waals surface area contributed by atoms with Crippen LogP contribution in [0, 0.1) is 0 Å². The SMILES string of the molecule is COC(=O)c1nn(-c2ccccc2)cc1CS(=O)(=O)c1ccccc1. The third-order valence-electron chi connectivity index (χ3n) is 3.64. The summed E-state index contributed by atoms with van der Waals surface area (Å²) in [5.74, 6) is -1.01. The van der Waals surface area contributed by atoms with Gasteiger partial charge in [0.15, 0.2) is 15.5 Å². The molecule has 25 heavy (non-hydrogen) atoms. The first-order chi connectivity index (χ1) is 12.0. The molecular formula is C18H16N2O4S. The van der Waals surface area contributed by atoms with Gasteiger partial charge in [-0.2, -0.15) is 5.10 Å². The Hall–Kier alpha value is -2.93. The van der Waals surface area contributed by atoms with Crippen molar-refractivity contribution in [1.29, 1.82) is 0 Å². The van der Waals surface area contributed by atoms with E-state index in [2.05, 4.69) is 5.10 Å². The van der Waals surface area contributed by atoms with E-state index in [-0.39, 0.29) is 16.3 Å². The number of aromatic nitrogens is 2. The molecule has 6 nitrogen and oxygen atoms in total. The Morgan fingerprint density at radius 2 is 1.64 bits per heavy atom. The highest BCUT2D eigenvalue weighted by Crippen LogP contribution is 2.20. The van der Waals surface area contributed by atoms with Gasteiger partial charge < -0.3 is 4.74 Å². The highest BCUT2D eigenvalue weighted by Gasteiger charge is 2.24. The summed E-state index contributed by atoms with van der Waals surface area (Å²) in [6.45, 7) is 0. The van der Waals surface area contributed by atoms with Gasteiger partial charge in [-0.15, -0.1) is 0 Å². The van der Waals surface area contributed by atoms with E-state index in [0.29, 0.717) is 5.56 Å².